The van der Waals surface area contributed by atoms with Crippen molar-refractivity contribution in [3.8, 4) is 0 Å². The van der Waals surface area contributed by atoms with Crippen molar-refractivity contribution in [1.29, 1.82) is 0 Å². The Bertz CT molecular complexity index is 848. The van der Waals surface area contributed by atoms with Crippen LogP contribution in [0.15, 0.2) is 48.5 Å². The summed E-state index contributed by atoms with van der Waals surface area (Å²) in [5.41, 5.74) is 1.84. The van der Waals surface area contributed by atoms with Crippen LogP contribution in [0.3, 0.4) is 0 Å². The Morgan fingerprint density at radius 3 is 2.46 bits per heavy atom. The van der Waals surface area contributed by atoms with E-state index < -0.39 is 4.92 Å². The first-order valence-corrected chi connectivity index (χ1v) is 8.37. The largest absolute Gasteiger partial charge is 0.324 e. The molecule has 0 radical (unpaired) electrons. The van der Waals surface area contributed by atoms with Crippen LogP contribution in [0, 0.1) is 17.0 Å². The fraction of sp³-hybridized carbons (Fsp3) is 0.263. The SMILES string of the molecule is Cc1ccccc1C(=O)N(CN1CCCC1=O)c1ccc([N+](=O)[O-])cc1. The minimum absolute atomic E-state index is 0.00879. The van der Waals surface area contributed by atoms with Crippen LogP contribution in [-0.2, 0) is 4.79 Å². The lowest BCUT2D eigenvalue weighted by molar-refractivity contribution is -0.384. The number of carbonyl (C=O) groups is 2. The lowest BCUT2D eigenvalue weighted by Crippen LogP contribution is -2.42. The summed E-state index contributed by atoms with van der Waals surface area (Å²) >= 11 is 0. The number of carbonyl (C=O) groups excluding carboxylic acids is 2. The summed E-state index contributed by atoms with van der Waals surface area (Å²) in [4.78, 5) is 38.7. The second-order valence-electron chi connectivity index (χ2n) is 6.22. The first kappa shape index (κ1) is 17.6. The second kappa shape index (κ2) is 7.35. The van der Waals surface area contributed by atoms with E-state index in [9.17, 15) is 19.7 Å². The molecule has 2 amide bonds. The zero-order valence-corrected chi connectivity index (χ0v) is 14.4. The molecule has 0 aliphatic carbocycles. The molecule has 3 rings (SSSR count). The molecule has 1 aliphatic rings. The maximum atomic E-state index is 13.1. The summed E-state index contributed by atoms with van der Waals surface area (Å²) in [6.45, 7) is 2.58. The summed E-state index contributed by atoms with van der Waals surface area (Å²) in [6, 6.07) is 13.0. The first-order chi connectivity index (χ1) is 12.5. The normalized spacial score (nSPS) is 13.7. The molecule has 0 bridgehead atoms. The van der Waals surface area contributed by atoms with Gasteiger partial charge in [0.1, 0.15) is 6.67 Å². The molecule has 0 saturated carbocycles. The van der Waals surface area contributed by atoms with Gasteiger partial charge in [0.25, 0.3) is 11.6 Å². The van der Waals surface area contributed by atoms with E-state index in [1.165, 1.54) is 29.2 Å². The Balaban J connectivity index is 1.95. The Morgan fingerprint density at radius 2 is 1.88 bits per heavy atom. The Labute approximate surface area is 151 Å². The van der Waals surface area contributed by atoms with Gasteiger partial charge in [0, 0.05) is 36.3 Å². The highest BCUT2D eigenvalue weighted by Crippen LogP contribution is 2.24. The van der Waals surface area contributed by atoms with Crippen molar-refractivity contribution in [3.63, 3.8) is 0 Å². The van der Waals surface area contributed by atoms with Crippen molar-refractivity contribution < 1.29 is 14.5 Å². The van der Waals surface area contributed by atoms with E-state index >= 15 is 0 Å². The van der Waals surface area contributed by atoms with Crippen molar-refractivity contribution in [2.45, 2.75) is 19.8 Å². The van der Waals surface area contributed by atoms with Crippen molar-refractivity contribution in [1.82, 2.24) is 4.90 Å². The molecule has 1 aliphatic heterocycles. The third-order valence-corrected chi connectivity index (χ3v) is 4.48. The van der Waals surface area contributed by atoms with Crippen molar-refractivity contribution >= 4 is 23.2 Å². The van der Waals surface area contributed by atoms with Gasteiger partial charge in [-0.25, -0.2) is 0 Å². The zero-order chi connectivity index (χ0) is 18.7. The third kappa shape index (κ3) is 3.56. The number of nitro groups is 1. The van der Waals surface area contributed by atoms with Crippen LogP contribution >= 0.6 is 0 Å². The number of anilines is 1. The van der Waals surface area contributed by atoms with E-state index in [1.807, 2.05) is 19.1 Å². The minimum Gasteiger partial charge on any atom is -0.324 e. The number of hydrogen-bond donors (Lipinski definition) is 0. The average molecular weight is 353 g/mol. The third-order valence-electron chi connectivity index (χ3n) is 4.48. The standard InChI is InChI=1S/C19H19N3O4/c1-14-5-2-3-6-17(14)19(24)21(13-20-12-4-7-18(20)23)15-8-10-16(11-9-15)22(25)26/h2-3,5-6,8-11H,4,7,12-13H2,1H3. The van der Waals surface area contributed by atoms with Gasteiger partial charge in [0.05, 0.1) is 4.92 Å². The van der Waals surface area contributed by atoms with Crippen molar-refractivity contribution in [2.75, 3.05) is 18.1 Å². The van der Waals surface area contributed by atoms with Crippen LogP contribution in [0.1, 0.15) is 28.8 Å². The minimum atomic E-state index is -0.485. The molecule has 7 nitrogen and oxygen atoms in total. The van der Waals surface area contributed by atoms with Crippen LogP contribution in [0.4, 0.5) is 11.4 Å². The van der Waals surface area contributed by atoms with Gasteiger partial charge in [-0.05, 0) is 37.1 Å². The van der Waals surface area contributed by atoms with Gasteiger partial charge in [0.15, 0.2) is 0 Å². The first-order valence-electron chi connectivity index (χ1n) is 8.37. The fourth-order valence-corrected chi connectivity index (χ4v) is 3.00. The van der Waals surface area contributed by atoms with Crippen molar-refractivity contribution in [2.24, 2.45) is 0 Å². The number of hydrogen-bond acceptors (Lipinski definition) is 4. The summed E-state index contributed by atoms with van der Waals surface area (Å²) in [6.07, 6.45) is 1.25. The highest BCUT2D eigenvalue weighted by atomic mass is 16.6. The Hall–Kier alpha value is -3.22. The van der Waals surface area contributed by atoms with Crippen LogP contribution < -0.4 is 4.90 Å². The maximum Gasteiger partial charge on any atom is 0.269 e. The second-order valence-corrected chi connectivity index (χ2v) is 6.22. The number of nitro benzene ring substituents is 1. The molecule has 0 atom stereocenters. The topological polar surface area (TPSA) is 83.8 Å². The quantitative estimate of drug-likeness (QED) is 0.611. The molecule has 2 aromatic rings. The monoisotopic (exact) mass is 353 g/mol. The highest BCUT2D eigenvalue weighted by Gasteiger charge is 2.27. The lowest BCUT2D eigenvalue weighted by atomic mass is 10.1. The van der Waals surface area contributed by atoms with Gasteiger partial charge in [-0.2, -0.15) is 0 Å². The molecule has 7 heteroatoms. The van der Waals surface area contributed by atoms with Gasteiger partial charge >= 0.3 is 0 Å². The van der Waals surface area contributed by atoms with E-state index in [2.05, 4.69) is 0 Å². The van der Waals surface area contributed by atoms with E-state index in [0.717, 1.165) is 12.0 Å². The Kier molecular flexibility index (Phi) is 4.97. The summed E-state index contributed by atoms with van der Waals surface area (Å²) in [7, 11) is 0. The van der Waals surface area contributed by atoms with Crippen molar-refractivity contribution in [3.05, 3.63) is 69.8 Å². The van der Waals surface area contributed by atoms with Crippen LogP contribution in [0.25, 0.3) is 0 Å². The molecule has 2 aromatic carbocycles. The molecule has 0 unspecified atom stereocenters. The number of rotatable bonds is 5. The lowest BCUT2D eigenvalue weighted by Gasteiger charge is -2.28. The number of non-ortho nitro benzene ring substituents is 1. The molecule has 1 heterocycles. The van der Waals surface area contributed by atoms with Crippen LogP contribution in [0.5, 0.6) is 0 Å². The number of amides is 2. The number of nitrogens with zero attached hydrogens (tertiary/aromatic N) is 3. The smallest absolute Gasteiger partial charge is 0.269 e. The molecule has 1 saturated heterocycles. The molecule has 1 fully saturated rings. The van der Waals surface area contributed by atoms with Gasteiger partial charge in [-0.15, -0.1) is 0 Å². The predicted octanol–water partition coefficient (Wildman–Crippen LogP) is 3.13. The average Bonchev–Trinajstić information content (AvgIpc) is 3.04. The molecule has 0 spiro atoms. The van der Waals surface area contributed by atoms with E-state index in [-0.39, 0.29) is 24.2 Å². The van der Waals surface area contributed by atoms with E-state index in [4.69, 9.17) is 0 Å². The summed E-state index contributed by atoms with van der Waals surface area (Å²) < 4.78 is 0. The number of benzene rings is 2. The van der Waals surface area contributed by atoms with E-state index in [0.29, 0.717) is 24.2 Å². The van der Waals surface area contributed by atoms with Gasteiger partial charge in [0.2, 0.25) is 5.91 Å². The molecule has 0 N–H and O–H groups in total. The predicted molar refractivity (Wildman–Crippen MR) is 96.9 cm³/mol. The molecular formula is C19H19N3O4. The Morgan fingerprint density at radius 1 is 1.19 bits per heavy atom. The van der Waals surface area contributed by atoms with Gasteiger partial charge in [-0.1, -0.05) is 18.2 Å². The van der Waals surface area contributed by atoms with Crippen LogP contribution in [-0.4, -0.2) is 34.9 Å². The fourth-order valence-electron chi connectivity index (χ4n) is 3.00. The molecule has 0 aromatic heterocycles. The highest BCUT2D eigenvalue weighted by molar-refractivity contribution is 6.07. The number of likely N-dealkylation sites (tertiary alicyclic amines) is 1. The zero-order valence-electron chi connectivity index (χ0n) is 14.4. The van der Waals surface area contributed by atoms with Gasteiger partial charge in [-0.3, -0.25) is 24.6 Å². The molecule has 134 valence electrons. The summed E-state index contributed by atoms with van der Waals surface area (Å²) in [5, 5.41) is 10.9. The summed E-state index contributed by atoms with van der Waals surface area (Å²) in [5.74, 6) is -0.230. The van der Waals surface area contributed by atoms with Gasteiger partial charge < -0.3 is 4.90 Å². The molecular weight excluding hydrogens is 334 g/mol. The molecule has 26 heavy (non-hydrogen) atoms. The van der Waals surface area contributed by atoms with E-state index in [1.54, 1.807) is 17.0 Å². The van der Waals surface area contributed by atoms with Crippen LogP contribution in [0.2, 0.25) is 0 Å². The maximum absolute atomic E-state index is 13.1. The number of aryl methyl sites for hydroxylation is 1.